The highest BCUT2D eigenvalue weighted by Crippen LogP contribution is 2.19. The highest BCUT2D eigenvalue weighted by atomic mass is 16.3. The Labute approximate surface area is 126 Å². The average Bonchev–Trinajstić information content (AvgIpc) is 2.55. The Balaban J connectivity index is 1.72. The molecule has 0 unspecified atom stereocenters. The number of carbonyl (C=O) groups is 2. The number of carbonyl (C=O) groups excluding carboxylic acids is 2. The molecule has 0 aromatic heterocycles. The van der Waals surface area contributed by atoms with Gasteiger partial charge in [0.1, 0.15) is 0 Å². The second-order valence-electron chi connectivity index (χ2n) is 5.97. The first-order valence-electron chi connectivity index (χ1n) is 8.13. The van der Waals surface area contributed by atoms with Gasteiger partial charge >= 0.3 is 0 Å². The zero-order valence-electron chi connectivity index (χ0n) is 12.6. The molecule has 0 saturated carbocycles. The Bertz CT molecular complexity index is 348. The Morgan fingerprint density at radius 2 is 1.95 bits per heavy atom. The van der Waals surface area contributed by atoms with Crippen LogP contribution in [0.5, 0.6) is 0 Å². The summed E-state index contributed by atoms with van der Waals surface area (Å²) in [4.78, 5) is 26.2. The zero-order chi connectivity index (χ0) is 15.1. The molecule has 2 aliphatic heterocycles. The van der Waals surface area contributed by atoms with Gasteiger partial charge in [-0.1, -0.05) is 6.42 Å². The summed E-state index contributed by atoms with van der Waals surface area (Å²) in [5, 5.41) is 14.8. The predicted molar refractivity (Wildman–Crippen MR) is 79.7 cm³/mol. The second kappa shape index (κ2) is 8.34. The maximum absolute atomic E-state index is 12.4. The van der Waals surface area contributed by atoms with Crippen LogP contribution in [0.4, 0.5) is 0 Å². The molecule has 0 aromatic rings. The van der Waals surface area contributed by atoms with Crippen molar-refractivity contribution in [2.75, 3.05) is 32.8 Å². The average molecular weight is 297 g/mol. The minimum absolute atomic E-state index is 0.00654. The van der Waals surface area contributed by atoms with Crippen LogP contribution in [-0.4, -0.2) is 60.6 Å². The SMILES string of the molecule is O=C(NCCCO)C1CCN(C(=O)[C@H]2CCCCN2)CC1. The monoisotopic (exact) mass is 297 g/mol. The van der Waals surface area contributed by atoms with E-state index in [1.165, 1.54) is 0 Å². The van der Waals surface area contributed by atoms with E-state index in [1.807, 2.05) is 4.90 Å². The van der Waals surface area contributed by atoms with E-state index < -0.39 is 0 Å². The Morgan fingerprint density at radius 3 is 2.57 bits per heavy atom. The molecule has 6 heteroatoms. The quantitative estimate of drug-likeness (QED) is 0.617. The van der Waals surface area contributed by atoms with Crippen LogP contribution in [0.2, 0.25) is 0 Å². The summed E-state index contributed by atoms with van der Waals surface area (Å²) in [5.74, 6) is 0.271. The molecule has 0 spiro atoms. The number of hydrogen-bond acceptors (Lipinski definition) is 4. The van der Waals surface area contributed by atoms with Crippen molar-refractivity contribution >= 4 is 11.8 Å². The van der Waals surface area contributed by atoms with Crippen LogP contribution >= 0.6 is 0 Å². The smallest absolute Gasteiger partial charge is 0.239 e. The molecule has 1 atom stereocenters. The third kappa shape index (κ3) is 4.68. The van der Waals surface area contributed by atoms with Gasteiger partial charge in [0, 0.05) is 32.2 Å². The van der Waals surface area contributed by atoms with Crippen molar-refractivity contribution in [1.82, 2.24) is 15.5 Å². The van der Waals surface area contributed by atoms with Crippen molar-refractivity contribution in [3.8, 4) is 0 Å². The van der Waals surface area contributed by atoms with Gasteiger partial charge in [-0.2, -0.15) is 0 Å². The van der Waals surface area contributed by atoms with Crippen LogP contribution in [0.15, 0.2) is 0 Å². The topological polar surface area (TPSA) is 81.7 Å². The van der Waals surface area contributed by atoms with Crippen LogP contribution in [0, 0.1) is 5.92 Å². The maximum atomic E-state index is 12.4. The molecule has 2 heterocycles. The standard InChI is InChI=1S/C15H27N3O3/c19-11-3-8-17-14(20)12-5-9-18(10-6-12)15(21)13-4-1-2-7-16-13/h12-13,16,19H,1-11H2,(H,17,20)/t13-/m1/s1. The van der Waals surface area contributed by atoms with Crippen LogP contribution < -0.4 is 10.6 Å². The maximum Gasteiger partial charge on any atom is 0.239 e. The lowest BCUT2D eigenvalue weighted by atomic mass is 9.94. The molecule has 2 saturated heterocycles. The van der Waals surface area contributed by atoms with Gasteiger partial charge in [-0.25, -0.2) is 0 Å². The molecule has 6 nitrogen and oxygen atoms in total. The summed E-state index contributed by atoms with van der Waals surface area (Å²) in [5.41, 5.74) is 0. The van der Waals surface area contributed by atoms with Gasteiger partial charge in [-0.05, 0) is 38.6 Å². The molecule has 0 radical (unpaired) electrons. The number of aliphatic hydroxyl groups excluding tert-OH is 1. The first kappa shape index (κ1) is 16.2. The van der Waals surface area contributed by atoms with Crippen molar-refractivity contribution < 1.29 is 14.7 Å². The number of piperidine rings is 2. The van der Waals surface area contributed by atoms with Gasteiger partial charge in [0.2, 0.25) is 11.8 Å². The Hall–Kier alpha value is -1.14. The lowest BCUT2D eigenvalue weighted by molar-refractivity contribution is -0.137. The van der Waals surface area contributed by atoms with E-state index in [9.17, 15) is 9.59 Å². The number of hydrogen-bond donors (Lipinski definition) is 3. The molecule has 3 N–H and O–H groups in total. The summed E-state index contributed by atoms with van der Waals surface area (Å²) >= 11 is 0. The van der Waals surface area contributed by atoms with Crippen LogP contribution in [0.3, 0.4) is 0 Å². The molecule has 120 valence electrons. The number of aliphatic hydroxyl groups is 1. The summed E-state index contributed by atoms with van der Waals surface area (Å²) in [6.45, 7) is 2.91. The molecule has 0 aliphatic carbocycles. The number of nitrogens with one attached hydrogen (secondary N) is 2. The molecule has 0 aromatic carbocycles. The van der Waals surface area contributed by atoms with Gasteiger partial charge in [0.25, 0.3) is 0 Å². The van der Waals surface area contributed by atoms with Crippen molar-refractivity contribution in [3.05, 3.63) is 0 Å². The molecular weight excluding hydrogens is 270 g/mol. The first-order valence-corrected chi connectivity index (χ1v) is 8.13. The molecule has 2 fully saturated rings. The van der Waals surface area contributed by atoms with Gasteiger partial charge in [-0.15, -0.1) is 0 Å². The van der Waals surface area contributed by atoms with Crippen LogP contribution in [0.1, 0.15) is 38.5 Å². The lowest BCUT2D eigenvalue weighted by Gasteiger charge is -2.35. The highest BCUT2D eigenvalue weighted by Gasteiger charge is 2.31. The molecular formula is C15H27N3O3. The normalized spacial score (nSPS) is 23.9. The molecule has 21 heavy (non-hydrogen) atoms. The van der Waals surface area contributed by atoms with Crippen molar-refractivity contribution in [1.29, 1.82) is 0 Å². The van der Waals surface area contributed by atoms with Crippen molar-refractivity contribution in [3.63, 3.8) is 0 Å². The van der Waals surface area contributed by atoms with E-state index in [0.29, 0.717) is 26.1 Å². The Kier molecular flexibility index (Phi) is 6.45. The van der Waals surface area contributed by atoms with E-state index in [4.69, 9.17) is 5.11 Å². The summed E-state index contributed by atoms with van der Waals surface area (Å²) in [7, 11) is 0. The fourth-order valence-corrected chi connectivity index (χ4v) is 3.08. The van der Waals surface area contributed by atoms with Gasteiger partial charge in [0.15, 0.2) is 0 Å². The highest BCUT2D eigenvalue weighted by molar-refractivity contribution is 5.83. The van der Waals surface area contributed by atoms with E-state index >= 15 is 0 Å². The molecule has 2 amide bonds. The van der Waals surface area contributed by atoms with Gasteiger partial charge in [-0.3, -0.25) is 9.59 Å². The number of likely N-dealkylation sites (tertiary alicyclic amines) is 1. The van der Waals surface area contributed by atoms with E-state index in [0.717, 1.165) is 38.6 Å². The number of amides is 2. The molecule has 2 aliphatic rings. The lowest BCUT2D eigenvalue weighted by Crippen LogP contribution is -2.51. The second-order valence-corrected chi connectivity index (χ2v) is 5.97. The fourth-order valence-electron chi connectivity index (χ4n) is 3.08. The molecule has 0 bridgehead atoms. The number of nitrogens with zero attached hydrogens (tertiary/aromatic N) is 1. The zero-order valence-corrected chi connectivity index (χ0v) is 12.6. The van der Waals surface area contributed by atoms with Crippen LogP contribution in [-0.2, 0) is 9.59 Å². The number of rotatable bonds is 5. The Morgan fingerprint density at radius 1 is 1.19 bits per heavy atom. The summed E-state index contributed by atoms with van der Waals surface area (Å²) in [6, 6.07) is -0.0197. The predicted octanol–water partition coefficient (Wildman–Crippen LogP) is -0.134. The van der Waals surface area contributed by atoms with E-state index in [1.54, 1.807) is 0 Å². The van der Waals surface area contributed by atoms with E-state index in [-0.39, 0.29) is 30.4 Å². The molecule has 2 rings (SSSR count). The fraction of sp³-hybridized carbons (Fsp3) is 0.867. The minimum atomic E-state index is -0.0197. The minimum Gasteiger partial charge on any atom is -0.396 e. The van der Waals surface area contributed by atoms with Crippen molar-refractivity contribution in [2.45, 2.75) is 44.6 Å². The van der Waals surface area contributed by atoms with Gasteiger partial charge < -0.3 is 20.6 Å². The summed E-state index contributed by atoms with van der Waals surface area (Å²) in [6.07, 6.45) is 5.27. The van der Waals surface area contributed by atoms with Crippen LogP contribution in [0.25, 0.3) is 0 Å². The van der Waals surface area contributed by atoms with E-state index in [2.05, 4.69) is 10.6 Å². The third-order valence-electron chi connectivity index (χ3n) is 4.42. The van der Waals surface area contributed by atoms with Gasteiger partial charge in [0.05, 0.1) is 6.04 Å². The first-order chi connectivity index (χ1) is 10.2. The summed E-state index contributed by atoms with van der Waals surface area (Å²) < 4.78 is 0. The third-order valence-corrected chi connectivity index (χ3v) is 4.42. The van der Waals surface area contributed by atoms with Crippen molar-refractivity contribution in [2.24, 2.45) is 5.92 Å². The largest absolute Gasteiger partial charge is 0.396 e.